The summed E-state index contributed by atoms with van der Waals surface area (Å²) in [5, 5.41) is 8.06. The second-order valence-corrected chi connectivity index (χ2v) is 10.6. The van der Waals surface area contributed by atoms with Crippen LogP contribution in [0, 0.1) is 5.92 Å². The Labute approximate surface area is 186 Å². The molecule has 11 nitrogen and oxygen atoms in total. The standard InChI is InChI=1S/C20H28N6O5S/c1-13(2)18(27)25-9-7-24(8-10-25)15-11-14(32(29,30)23-20(3)5-6-20)12-26-16(15)21-22-17(26)19(28)31-4/h11-13,23H,5-10H2,1-4H3. The molecule has 0 radical (unpaired) electrons. The van der Waals surface area contributed by atoms with Crippen LogP contribution in [-0.2, 0) is 19.6 Å². The summed E-state index contributed by atoms with van der Waals surface area (Å²) in [6.07, 6.45) is 2.89. The maximum Gasteiger partial charge on any atom is 0.376 e. The summed E-state index contributed by atoms with van der Waals surface area (Å²) in [5.41, 5.74) is 0.438. The number of fused-ring (bicyclic) bond motifs is 1. The molecule has 2 aliphatic rings. The molecule has 32 heavy (non-hydrogen) atoms. The van der Waals surface area contributed by atoms with Gasteiger partial charge in [-0.05, 0) is 25.8 Å². The zero-order chi connectivity index (χ0) is 23.3. The molecule has 1 saturated heterocycles. The van der Waals surface area contributed by atoms with Crippen molar-refractivity contribution in [3.63, 3.8) is 0 Å². The van der Waals surface area contributed by atoms with Crippen molar-refractivity contribution in [3.05, 3.63) is 18.1 Å². The summed E-state index contributed by atoms with van der Waals surface area (Å²) in [6, 6.07) is 1.55. The molecule has 1 aliphatic carbocycles. The largest absolute Gasteiger partial charge is 0.463 e. The first-order chi connectivity index (χ1) is 15.0. The zero-order valence-corrected chi connectivity index (χ0v) is 19.5. The molecular weight excluding hydrogens is 436 g/mol. The van der Waals surface area contributed by atoms with Gasteiger partial charge >= 0.3 is 5.97 Å². The van der Waals surface area contributed by atoms with Crippen molar-refractivity contribution in [1.82, 2.24) is 24.2 Å². The van der Waals surface area contributed by atoms with Gasteiger partial charge in [0.25, 0.3) is 0 Å². The van der Waals surface area contributed by atoms with E-state index in [0.717, 1.165) is 12.8 Å². The molecule has 2 fully saturated rings. The fraction of sp³-hybridized carbons (Fsp3) is 0.600. The Morgan fingerprint density at radius 3 is 2.38 bits per heavy atom. The first kappa shape index (κ1) is 22.5. The molecule has 0 atom stereocenters. The SMILES string of the molecule is COC(=O)c1nnc2c(N3CCN(C(=O)C(C)C)CC3)cc(S(=O)(=O)NC3(C)CC3)cn12. The van der Waals surface area contributed by atoms with Crippen LogP contribution < -0.4 is 9.62 Å². The number of carbonyl (C=O) groups excluding carboxylic acids is 2. The van der Waals surface area contributed by atoms with E-state index >= 15 is 0 Å². The smallest absolute Gasteiger partial charge is 0.376 e. The number of hydrogen-bond donors (Lipinski definition) is 1. The molecule has 1 aliphatic heterocycles. The number of pyridine rings is 1. The van der Waals surface area contributed by atoms with E-state index in [2.05, 4.69) is 14.9 Å². The Balaban J connectivity index is 1.74. The van der Waals surface area contributed by atoms with Crippen molar-refractivity contribution in [2.24, 2.45) is 5.92 Å². The maximum absolute atomic E-state index is 13.1. The molecule has 0 aromatic carbocycles. The number of nitrogens with one attached hydrogen (secondary N) is 1. The lowest BCUT2D eigenvalue weighted by atomic mass is 10.1. The van der Waals surface area contributed by atoms with Gasteiger partial charge in [-0.1, -0.05) is 13.8 Å². The van der Waals surface area contributed by atoms with E-state index in [-0.39, 0.29) is 22.5 Å². The predicted octanol–water partition coefficient (Wildman–Crippen LogP) is 0.651. The van der Waals surface area contributed by atoms with Crippen molar-refractivity contribution < 1.29 is 22.7 Å². The van der Waals surface area contributed by atoms with Crippen molar-refractivity contribution in [1.29, 1.82) is 0 Å². The summed E-state index contributed by atoms with van der Waals surface area (Å²) in [6.45, 7) is 7.61. The van der Waals surface area contributed by atoms with Gasteiger partial charge in [0.15, 0.2) is 5.65 Å². The number of esters is 1. The van der Waals surface area contributed by atoms with Crippen LogP contribution in [0.1, 0.15) is 44.2 Å². The number of ether oxygens (including phenoxy) is 1. The van der Waals surface area contributed by atoms with Gasteiger partial charge in [-0.25, -0.2) is 17.9 Å². The van der Waals surface area contributed by atoms with Crippen molar-refractivity contribution in [2.45, 2.75) is 44.0 Å². The molecule has 4 rings (SSSR count). The molecular formula is C20H28N6O5S. The normalized spacial score (nSPS) is 18.3. The quantitative estimate of drug-likeness (QED) is 0.618. The summed E-state index contributed by atoms with van der Waals surface area (Å²) in [4.78, 5) is 28.3. The highest BCUT2D eigenvalue weighted by Crippen LogP contribution is 2.36. The van der Waals surface area contributed by atoms with E-state index in [1.54, 1.807) is 11.0 Å². The average molecular weight is 465 g/mol. The van der Waals surface area contributed by atoms with Crippen LogP contribution >= 0.6 is 0 Å². The highest BCUT2D eigenvalue weighted by atomic mass is 32.2. The number of amides is 1. The van der Waals surface area contributed by atoms with Gasteiger partial charge in [-0.2, -0.15) is 0 Å². The summed E-state index contributed by atoms with van der Waals surface area (Å²) < 4.78 is 35.1. The molecule has 1 saturated carbocycles. The summed E-state index contributed by atoms with van der Waals surface area (Å²) >= 11 is 0. The number of hydrogen-bond acceptors (Lipinski definition) is 8. The van der Waals surface area contributed by atoms with Crippen LogP contribution in [0.15, 0.2) is 17.2 Å². The van der Waals surface area contributed by atoms with E-state index in [0.29, 0.717) is 37.5 Å². The molecule has 0 unspecified atom stereocenters. The third-order valence-electron chi connectivity index (χ3n) is 5.95. The fourth-order valence-electron chi connectivity index (χ4n) is 3.77. The van der Waals surface area contributed by atoms with Gasteiger partial charge in [0, 0.05) is 43.8 Å². The third kappa shape index (κ3) is 4.16. The van der Waals surface area contributed by atoms with Crippen LogP contribution in [0.4, 0.5) is 5.69 Å². The molecule has 0 bridgehead atoms. The van der Waals surface area contributed by atoms with Crippen LogP contribution in [0.25, 0.3) is 5.65 Å². The average Bonchev–Trinajstić information content (AvgIpc) is 3.32. The van der Waals surface area contributed by atoms with Crippen molar-refractivity contribution >= 4 is 33.2 Å². The lowest BCUT2D eigenvalue weighted by Gasteiger charge is -2.37. The van der Waals surface area contributed by atoms with Crippen molar-refractivity contribution in [3.8, 4) is 0 Å². The van der Waals surface area contributed by atoms with E-state index in [1.807, 2.05) is 25.7 Å². The fourth-order valence-corrected chi connectivity index (χ4v) is 5.25. The first-order valence-electron chi connectivity index (χ1n) is 10.6. The number of carbonyl (C=O) groups is 2. The Morgan fingerprint density at radius 2 is 1.81 bits per heavy atom. The molecule has 174 valence electrons. The van der Waals surface area contributed by atoms with Crippen LogP contribution in [-0.4, -0.2) is 78.6 Å². The van der Waals surface area contributed by atoms with Gasteiger partial charge < -0.3 is 14.5 Å². The van der Waals surface area contributed by atoms with Crippen LogP contribution in [0.2, 0.25) is 0 Å². The Kier molecular flexibility index (Phi) is 5.61. The van der Waals surface area contributed by atoms with E-state index in [4.69, 9.17) is 4.74 Å². The predicted molar refractivity (Wildman–Crippen MR) is 116 cm³/mol. The van der Waals surface area contributed by atoms with Crippen LogP contribution in [0.5, 0.6) is 0 Å². The zero-order valence-electron chi connectivity index (χ0n) is 18.7. The minimum atomic E-state index is -3.84. The topological polar surface area (TPSA) is 126 Å². The molecule has 0 spiro atoms. The van der Waals surface area contributed by atoms with E-state index < -0.39 is 21.5 Å². The summed E-state index contributed by atoms with van der Waals surface area (Å²) in [7, 11) is -2.61. The number of rotatable bonds is 6. The molecule has 2 aromatic heterocycles. The third-order valence-corrected chi connectivity index (χ3v) is 7.55. The second kappa shape index (κ2) is 8.00. The molecule has 1 N–H and O–H groups in total. The number of methoxy groups -OCH3 is 1. The van der Waals surface area contributed by atoms with Gasteiger partial charge in [0.05, 0.1) is 12.8 Å². The highest BCUT2D eigenvalue weighted by molar-refractivity contribution is 7.89. The maximum atomic E-state index is 13.1. The number of anilines is 1. The number of aromatic nitrogens is 3. The van der Waals surface area contributed by atoms with Crippen LogP contribution in [0.3, 0.4) is 0 Å². The highest BCUT2D eigenvalue weighted by Gasteiger charge is 2.41. The molecule has 2 aromatic rings. The second-order valence-electron chi connectivity index (χ2n) is 8.90. The van der Waals surface area contributed by atoms with Gasteiger partial charge in [0.1, 0.15) is 4.90 Å². The Morgan fingerprint density at radius 1 is 1.16 bits per heavy atom. The number of nitrogens with zero attached hydrogens (tertiary/aromatic N) is 5. The molecule has 1 amide bonds. The number of sulfonamides is 1. The van der Waals surface area contributed by atoms with E-state index in [9.17, 15) is 18.0 Å². The Hall–Kier alpha value is -2.73. The molecule has 12 heteroatoms. The van der Waals surface area contributed by atoms with E-state index in [1.165, 1.54) is 17.7 Å². The lowest BCUT2D eigenvalue weighted by Crippen LogP contribution is -2.50. The monoisotopic (exact) mass is 464 g/mol. The minimum Gasteiger partial charge on any atom is -0.463 e. The van der Waals surface area contributed by atoms with Crippen molar-refractivity contribution in [2.75, 3.05) is 38.2 Å². The van der Waals surface area contributed by atoms with Gasteiger partial charge in [0.2, 0.25) is 21.8 Å². The van der Waals surface area contributed by atoms with Gasteiger partial charge in [-0.15, -0.1) is 10.2 Å². The lowest BCUT2D eigenvalue weighted by molar-refractivity contribution is -0.134. The minimum absolute atomic E-state index is 0.0127. The Bertz CT molecular complexity index is 1160. The van der Waals surface area contributed by atoms with Gasteiger partial charge in [-0.3, -0.25) is 9.20 Å². The summed E-state index contributed by atoms with van der Waals surface area (Å²) in [5.74, 6) is -0.821. The number of piperazine rings is 1. The first-order valence-corrected chi connectivity index (χ1v) is 12.1. The molecule has 3 heterocycles.